The van der Waals surface area contributed by atoms with Crippen molar-refractivity contribution in [2.75, 3.05) is 0 Å². The number of halogens is 3. The number of benzene rings is 1. The van der Waals surface area contributed by atoms with Crippen molar-refractivity contribution in [1.82, 2.24) is 19.3 Å². The number of primary amides is 1. The summed E-state index contributed by atoms with van der Waals surface area (Å²) in [6.07, 6.45) is -3.51. The third kappa shape index (κ3) is 4.14. The molecule has 2 heterocycles. The van der Waals surface area contributed by atoms with Gasteiger partial charge in [0.2, 0.25) is 10.0 Å². The van der Waals surface area contributed by atoms with E-state index in [0.29, 0.717) is 5.52 Å². The fourth-order valence-electron chi connectivity index (χ4n) is 3.02. The topological polar surface area (TPSA) is 120 Å². The smallest absolute Gasteiger partial charge is 0.364 e. The number of pyridine rings is 1. The summed E-state index contributed by atoms with van der Waals surface area (Å²) >= 11 is 0. The van der Waals surface area contributed by atoms with E-state index < -0.39 is 33.7 Å². The number of carbonyl (C=O) groups excluding carboxylic acids is 1. The van der Waals surface area contributed by atoms with Crippen LogP contribution in [0.15, 0.2) is 41.4 Å². The molecular weight excluding hydrogens is 423 g/mol. The third-order valence-electron chi connectivity index (χ3n) is 4.44. The van der Waals surface area contributed by atoms with Crippen molar-refractivity contribution in [1.29, 1.82) is 0 Å². The maximum absolute atomic E-state index is 13.0. The molecule has 1 atom stereocenters. The molecule has 30 heavy (non-hydrogen) atoms. The molecule has 3 aromatic rings. The number of rotatable bonds is 6. The van der Waals surface area contributed by atoms with Crippen molar-refractivity contribution in [3.05, 3.63) is 53.6 Å². The summed E-state index contributed by atoms with van der Waals surface area (Å²) in [6.45, 7) is 3.54. The van der Waals surface area contributed by atoms with Gasteiger partial charge in [-0.2, -0.15) is 13.2 Å². The average molecular weight is 441 g/mol. The molecule has 12 heteroatoms. The number of nitrogens with two attached hydrogens (primary N) is 1. The van der Waals surface area contributed by atoms with Gasteiger partial charge in [0.15, 0.2) is 0 Å². The molecule has 1 unspecified atom stereocenters. The summed E-state index contributed by atoms with van der Waals surface area (Å²) in [5, 5.41) is 0. The van der Waals surface area contributed by atoms with Crippen molar-refractivity contribution < 1.29 is 26.4 Å². The summed E-state index contributed by atoms with van der Waals surface area (Å²) < 4.78 is 68.4. The second-order valence-electron chi connectivity index (χ2n) is 6.50. The molecule has 0 aliphatic heterocycles. The Labute approximate surface area is 170 Å². The lowest BCUT2D eigenvalue weighted by molar-refractivity contribution is -0.137. The largest absolute Gasteiger partial charge is 0.416 e. The van der Waals surface area contributed by atoms with Crippen LogP contribution in [0.3, 0.4) is 0 Å². The van der Waals surface area contributed by atoms with Gasteiger partial charge in [-0.1, -0.05) is 0 Å². The van der Waals surface area contributed by atoms with Gasteiger partial charge in [-0.15, -0.1) is 0 Å². The van der Waals surface area contributed by atoms with Crippen LogP contribution in [0.2, 0.25) is 0 Å². The molecular formula is C18H18F3N5O3S. The lowest BCUT2D eigenvalue weighted by atomic mass is 10.2. The fraction of sp³-hybridized carbons (Fsp3) is 0.278. The molecule has 3 N–H and O–H groups in total. The predicted molar refractivity (Wildman–Crippen MR) is 102 cm³/mol. The minimum Gasteiger partial charge on any atom is -0.364 e. The molecule has 1 aromatic carbocycles. The minimum atomic E-state index is -4.51. The Morgan fingerprint density at radius 2 is 1.97 bits per heavy atom. The molecule has 0 bridgehead atoms. The van der Waals surface area contributed by atoms with Gasteiger partial charge >= 0.3 is 6.18 Å². The van der Waals surface area contributed by atoms with E-state index in [1.54, 1.807) is 6.92 Å². The number of hydrogen-bond donors (Lipinski definition) is 2. The molecule has 0 aliphatic carbocycles. The first kappa shape index (κ1) is 21.7. The quantitative estimate of drug-likeness (QED) is 0.609. The molecule has 0 saturated heterocycles. The highest BCUT2D eigenvalue weighted by molar-refractivity contribution is 7.89. The number of nitrogens with zero attached hydrogens (tertiary/aromatic N) is 3. The lowest BCUT2D eigenvalue weighted by Crippen LogP contribution is -2.29. The Balaban J connectivity index is 1.96. The van der Waals surface area contributed by atoms with E-state index >= 15 is 0 Å². The molecule has 1 amide bonds. The van der Waals surface area contributed by atoms with Gasteiger partial charge in [0.1, 0.15) is 16.4 Å². The summed E-state index contributed by atoms with van der Waals surface area (Å²) in [5.41, 5.74) is 4.75. The predicted octanol–water partition coefficient (Wildman–Crippen LogP) is 2.61. The van der Waals surface area contributed by atoms with Gasteiger partial charge in [0, 0.05) is 12.7 Å². The van der Waals surface area contributed by atoms with Crippen LogP contribution in [0.5, 0.6) is 0 Å². The number of carbonyl (C=O) groups is 1. The maximum atomic E-state index is 13.0. The second-order valence-corrected chi connectivity index (χ2v) is 8.22. The molecule has 0 radical (unpaired) electrons. The highest BCUT2D eigenvalue weighted by Crippen LogP contribution is 2.32. The second kappa shape index (κ2) is 7.69. The van der Waals surface area contributed by atoms with Gasteiger partial charge in [0.05, 0.1) is 22.6 Å². The summed E-state index contributed by atoms with van der Waals surface area (Å²) in [4.78, 5) is 18.9. The van der Waals surface area contributed by atoms with Crippen LogP contribution < -0.4 is 10.5 Å². The number of amides is 1. The lowest BCUT2D eigenvalue weighted by Gasteiger charge is -2.16. The van der Waals surface area contributed by atoms with Crippen LogP contribution in [-0.2, 0) is 22.7 Å². The average Bonchev–Trinajstić information content (AvgIpc) is 3.05. The first-order valence-electron chi connectivity index (χ1n) is 8.79. The molecule has 0 spiro atoms. The van der Waals surface area contributed by atoms with Crippen molar-refractivity contribution in [2.24, 2.45) is 5.73 Å². The Kier molecular flexibility index (Phi) is 5.56. The number of nitrogens with one attached hydrogen (secondary N) is 1. The van der Waals surface area contributed by atoms with E-state index in [4.69, 9.17) is 5.73 Å². The molecule has 0 aliphatic rings. The standard InChI is InChI=1S/C18H18F3N5O3S/c1-3-26-15-8-11(18(19,20)21)4-6-13(15)24-17(26)10(2)25-30(28,29)12-5-7-14(16(22)27)23-9-12/h4-10,25H,3H2,1-2H3,(H2,22,27). The van der Waals surface area contributed by atoms with Crippen molar-refractivity contribution in [3.63, 3.8) is 0 Å². The number of imidazole rings is 1. The van der Waals surface area contributed by atoms with Gasteiger partial charge in [-0.05, 0) is 44.2 Å². The van der Waals surface area contributed by atoms with Crippen LogP contribution in [0.1, 0.15) is 41.8 Å². The van der Waals surface area contributed by atoms with E-state index in [-0.39, 0.29) is 28.5 Å². The zero-order valence-corrected chi connectivity index (χ0v) is 16.8. The fourth-order valence-corrected chi connectivity index (χ4v) is 4.16. The van der Waals surface area contributed by atoms with E-state index in [2.05, 4.69) is 14.7 Å². The van der Waals surface area contributed by atoms with Crippen LogP contribution in [0.4, 0.5) is 13.2 Å². The number of aryl methyl sites for hydroxylation is 1. The van der Waals surface area contributed by atoms with Crippen LogP contribution >= 0.6 is 0 Å². The van der Waals surface area contributed by atoms with E-state index in [1.165, 1.54) is 29.7 Å². The SMILES string of the molecule is CCn1c(C(C)NS(=O)(=O)c2ccc(C(N)=O)nc2)nc2ccc(C(F)(F)F)cc21. The number of hydrogen-bond acceptors (Lipinski definition) is 5. The van der Waals surface area contributed by atoms with Crippen LogP contribution in [-0.4, -0.2) is 28.9 Å². The van der Waals surface area contributed by atoms with E-state index in [0.717, 1.165) is 18.3 Å². The zero-order valence-electron chi connectivity index (χ0n) is 15.9. The van der Waals surface area contributed by atoms with Crippen LogP contribution in [0.25, 0.3) is 11.0 Å². The highest BCUT2D eigenvalue weighted by Gasteiger charge is 2.31. The van der Waals surface area contributed by atoms with E-state index in [1.807, 2.05) is 0 Å². The Morgan fingerprint density at radius 1 is 1.27 bits per heavy atom. The van der Waals surface area contributed by atoms with Gasteiger partial charge in [0.25, 0.3) is 5.91 Å². The monoisotopic (exact) mass is 441 g/mol. The summed E-state index contributed by atoms with van der Waals surface area (Å²) in [5.74, 6) is -0.535. The van der Waals surface area contributed by atoms with Crippen molar-refractivity contribution in [2.45, 2.75) is 37.5 Å². The Hall–Kier alpha value is -2.99. The van der Waals surface area contributed by atoms with Crippen molar-refractivity contribution >= 4 is 27.0 Å². The molecule has 3 rings (SSSR count). The first-order valence-corrected chi connectivity index (χ1v) is 10.3. The van der Waals surface area contributed by atoms with Gasteiger partial charge in [-0.25, -0.2) is 23.1 Å². The molecule has 160 valence electrons. The molecule has 0 saturated carbocycles. The number of fused-ring (bicyclic) bond motifs is 1. The third-order valence-corrected chi connectivity index (χ3v) is 5.97. The summed E-state index contributed by atoms with van der Waals surface area (Å²) in [7, 11) is -4.04. The maximum Gasteiger partial charge on any atom is 0.416 e. The normalized spacial score (nSPS) is 13.5. The number of sulfonamides is 1. The summed E-state index contributed by atoms with van der Waals surface area (Å²) in [6, 6.07) is 4.68. The van der Waals surface area contributed by atoms with Gasteiger partial charge < -0.3 is 10.3 Å². The minimum absolute atomic E-state index is 0.0877. The first-order chi connectivity index (χ1) is 13.9. The molecule has 0 fully saturated rings. The highest BCUT2D eigenvalue weighted by atomic mass is 32.2. The zero-order chi connectivity index (χ0) is 22.3. The molecule has 2 aromatic heterocycles. The Bertz CT molecular complexity index is 1200. The Morgan fingerprint density at radius 3 is 2.50 bits per heavy atom. The number of alkyl halides is 3. The van der Waals surface area contributed by atoms with Crippen LogP contribution in [0, 0.1) is 0 Å². The molecule has 8 nitrogen and oxygen atoms in total. The van der Waals surface area contributed by atoms with E-state index in [9.17, 15) is 26.4 Å². The van der Waals surface area contributed by atoms with Crippen molar-refractivity contribution in [3.8, 4) is 0 Å². The van der Waals surface area contributed by atoms with Gasteiger partial charge in [-0.3, -0.25) is 4.79 Å². The number of aromatic nitrogens is 3.